The molecule has 3 rings (SSSR count). The van der Waals surface area contributed by atoms with Crippen molar-refractivity contribution >= 4 is 15.9 Å². The highest BCUT2D eigenvalue weighted by atomic mass is 32.2. The minimum atomic E-state index is -3.21. The van der Waals surface area contributed by atoms with Crippen molar-refractivity contribution in [1.29, 1.82) is 0 Å². The number of amides is 2. The fourth-order valence-corrected chi connectivity index (χ4v) is 3.72. The summed E-state index contributed by atoms with van der Waals surface area (Å²) in [6.07, 6.45) is 3.34. The number of hydrogen-bond acceptors (Lipinski definition) is 3. The van der Waals surface area contributed by atoms with Crippen LogP contribution in [0, 0.1) is 0 Å². The van der Waals surface area contributed by atoms with E-state index < -0.39 is 9.84 Å². The molecule has 5 nitrogen and oxygen atoms in total. The van der Waals surface area contributed by atoms with Crippen molar-refractivity contribution in [2.75, 3.05) is 12.8 Å². The topological polar surface area (TPSA) is 75.3 Å². The quantitative estimate of drug-likeness (QED) is 0.818. The van der Waals surface area contributed by atoms with Crippen LogP contribution in [-0.2, 0) is 15.3 Å². The second-order valence-corrected chi connectivity index (χ2v) is 9.05. The third kappa shape index (κ3) is 4.25. The molecule has 1 fully saturated rings. The van der Waals surface area contributed by atoms with E-state index in [1.807, 2.05) is 25.1 Å². The molecule has 26 heavy (non-hydrogen) atoms. The maximum absolute atomic E-state index is 12.2. The smallest absolute Gasteiger partial charge is 0.315 e. The second kappa shape index (κ2) is 7.11. The number of carbonyl (C=O) groups excluding carboxylic acids is 1. The van der Waals surface area contributed by atoms with Crippen molar-refractivity contribution in [1.82, 2.24) is 10.6 Å². The molecule has 0 aliphatic heterocycles. The number of sulfone groups is 1. The molecular weight excluding hydrogens is 348 g/mol. The summed E-state index contributed by atoms with van der Waals surface area (Å²) in [7, 11) is -3.21. The molecule has 0 aromatic heterocycles. The summed E-state index contributed by atoms with van der Waals surface area (Å²) in [4.78, 5) is 12.5. The zero-order valence-corrected chi connectivity index (χ0v) is 15.8. The Morgan fingerprint density at radius 1 is 1.08 bits per heavy atom. The first-order valence-electron chi connectivity index (χ1n) is 8.70. The van der Waals surface area contributed by atoms with Crippen LogP contribution < -0.4 is 10.6 Å². The first-order valence-corrected chi connectivity index (χ1v) is 10.6. The molecule has 2 aromatic rings. The average molecular weight is 372 g/mol. The average Bonchev–Trinajstić information content (AvgIpc) is 3.41. The van der Waals surface area contributed by atoms with Gasteiger partial charge in [0.15, 0.2) is 9.84 Å². The Kier molecular flexibility index (Phi) is 5.05. The molecule has 0 radical (unpaired) electrons. The third-order valence-corrected chi connectivity index (χ3v) is 6.11. The van der Waals surface area contributed by atoms with Gasteiger partial charge in [-0.15, -0.1) is 0 Å². The summed E-state index contributed by atoms with van der Waals surface area (Å²) in [5.41, 5.74) is 2.19. The lowest BCUT2D eigenvalue weighted by Crippen LogP contribution is -2.40. The molecular formula is C20H24N2O3S. The Bertz CT molecular complexity index is 873. The SMILES string of the molecule is C[C@H](NC(=O)NCC1(c2ccccc2)CC1)c1ccc(S(C)(=O)=O)cc1. The summed E-state index contributed by atoms with van der Waals surface area (Å²) >= 11 is 0. The van der Waals surface area contributed by atoms with Crippen molar-refractivity contribution < 1.29 is 13.2 Å². The molecule has 0 bridgehead atoms. The van der Waals surface area contributed by atoms with E-state index in [2.05, 4.69) is 22.8 Å². The van der Waals surface area contributed by atoms with Gasteiger partial charge in [-0.3, -0.25) is 0 Å². The molecule has 0 heterocycles. The highest BCUT2D eigenvalue weighted by molar-refractivity contribution is 7.90. The van der Waals surface area contributed by atoms with Crippen molar-refractivity contribution in [3.8, 4) is 0 Å². The van der Waals surface area contributed by atoms with Gasteiger partial charge in [-0.1, -0.05) is 42.5 Å². The normalized spacial score (nSPS) is 16.5. The summed E-state index contributed by atoms with van der Waals surface area (Å²) in [5, 5.41) is 5.88. The largest absolute Gasteiger partial charge is 0.337 e. The van der Waals surface area contributed by atoms with E-state index in [1.165, 1.54) is 11.8 Å². The lowest BCUT2D eigenvalue weighted by molar-refractivity contribution is 0.237. The van der Waals surface area contributed by atoms with Gasteiger partial charge in [0.1, 0.15) is 0 Å². The highest BCUT2D eigenvalue weighted by Gasteiger charge is 2.44. The van der Waals surface area contributed by atoms with E-state index in [4.69, 9.17) is 0 Å². The molecule has 2 aromatic carbocycles. The molecule has 0 saturated heterocycles. The fraction of sp³-hybridized carbons (Fsp3) is 0.350. The predicted molar refractivity (Wildman–Crippen MR) is 102 cm³/mol. The van der Waals surface area contributed by atoms with Gasteiger partial charge in [-0.25, -0.2) is 13.2 Å². The van der Waals surface area contributed by atoms with Crippen LogP contribution in [0.1, 0.15) is 36.9 Å². The fourth-order valence-electron chi connectivity index (χ4n) is 3.09. The van der Waals surface area contributed by atoms with E-state index in [9.17, 15) is 13.2 Å². The maximum Gasteiger partial charge on any atom is 0.315 e. The van der Waals surface area contributed by atoms with Crippen LogP contribution in [0.5, 0.6) is 0 Å². The number of rotatable bonds is 6. The van der Waals surface area contributed by atoms with Gasteiger partial charge in [-0.05, 0) is 43.0 Å². The lowest BCUT2D eigenvalue weighted by atomic mass is 9.96. The van der Waals surface area contributed by atoms with Crippen LogP contribution in [0.3, 0.4) is 0 Å². The van der Waals surface area contributed by atoms with Gasteiger partial charge in [0.05, 0.1) is 10.9 Å². The molecule has 138 valence electrons. The first-order chi connectivity index (χ1) is 12.3. The molecule has 1 aliphatic carbocycles. The maximum atomic E-state index is 12.2. The Hall–Kier alpha value is -2.34. The van der Waals surface area contributed by atoms with Gasteiger partial charge in [-0.2, -0.15) is 0 Å². The van der Waals surface area contributed by atoms with Crippen LogP contribution in [0.15, 0.2) is 59.5 Å². The Morgan fingerprint density at radius 3 is 2.23 bits per heavy atom. The molecule has 1 saturated carbocycles. The zero-order chi connectivity index (χ0) is 18.8. The van der Waals surface area contributed by atoms with Crippen LogP contribution in [0.25, 0.3) is 0 Å². The summed E-state index contributed by atoms with van der Waals surface area (Å²) in [6.45, 7) is 2.49. The summed E-state index contributed by atoms with van der Waals surface area (Å²) in [6, 6.07) is 16.4. The van der Waals surface area contributed by atoms with Crippen LogP contribution in [0.4, 0.5) is 4.79 Å². The van der Waals surface area contributed by atoms with E-state index in [1.54, 1.807) is 24.3 Å². The molecule has 2 N–H and O–H groups in total. The minimum absolute atomic E-state index is 0.0684. The van der Waals surface area contributed by atoms with E-state index in [0.717, 1.165) is 18.4 Å². The predicted octanol–water partition coefficient (Wildman–Crippen LogP) is 3.18. The van der Waals surface area contributed by atoms with E-state index in [-0.39, 0.29) is 22.4 Å². The first kappa shape index (κ1) is 18.5. The number of carbonyl (C=O) groups is 1. The van der Waals surface area contributed by atoms with Crippen molar-refractivity contribution in [2.24, 2.45) is 0 Å². The number of nitrogens with one attached hydrogen (secondary N) is 2. The minimum Gasteiger partial charge on any atom is -0.337 e. The number of urea groups is 1. The molecule has 2 amide bonds. The van der Waals surface area contributed by atoms with E-state index in [0.29, 0.717) is 6.54 Å². The summed E-state index contributed by atoms with van der Waals surface area (Å²) < 4.78 is 23.0. The van der Waals surface area contributed by atoms with Gasteiger partial charge >= 0.3 is 6.03 Å². The number of hydrogen-bond donors (Lipinski definition) is 2. The van der Waals surface area contributed by atoms with Crippen molar-refractivity contribution in [3.05, 3.63) is 65.7 Å². The van der Waals surface area contributed by atoms with Crippen LogP contribution in [-0.4, -0.2) is 27.2 Å². The zero-order valence-electron chi connectivity index (χ0n) is 15.0. The molecule has 0 spiro atoms. The van der Waals surface area contributed by atoms with E-state index >= 15 is 0 Å². The van der Waals surface area contributed by atoms with Crippen molar-refractivity contribution in [3.63, 3.8) is 0 Å². The Labute approximate surface area is 154 Å². The monoisotopic (exact) mass is 372 g/mol. The van der Waals surface area contributed by atoms with Gasteiger partial charge < -0.3 is 10.6 Å². The Balaban J connectivity index is 1.55. The standard InChI is InChI=1S/C20H24N2O3S/c1-15(16-8-10-18(11-9-16)26(2,24)25)22-19(23)21-14-20(12-13-20)17-6-4-3-5-7-17/h3-11,15H,12-14H2,1-2H3,(H2,21,22,23)/t15-/m0/s1. The molecule has 0 unspecified atom stereocenters. The second-order valence-electron chi connectivity index (χ2n) is 7.04. The summed E-state index contributed by atoms with van der Waals surface area (Å²) in [5.74, 6) is 0. The van der Waals surface area contributed by atoms with Gasteiger partial charge in [0.2, 0.25) is 0 Å². The van der Waals surface area contributed by atoms with Crippen LogP contribution >= 0.6 is 0 Å². The third-order valence-electron chi connectivity index (χ3n) is 4.98. The van der Waals surface area contributed by atoms with Crippen LogP contribution in [0.2, 0.25) is 0 Å². The molecule has 6 heteroatoms. The van der Waals surface area contributed by atoms with Crippen molar-refractivity contribution in [2.45, 2.75) is 36.1 Å². The Morgan fingerprint density at radius 2 is 1.69 bits per heavy atom. The molecule has 1 atom stereocenters. The molecule has 1 aliphatic rings. The highest BCUT2D eigenvalue weighted by Crippen LogP contribution is 2.47. The van der Waals surface area contributed by atoms with Gasteiger partial charge in [0.25, 0.3) is 0 Å². The van der Waals surface area contributed by atoms with Gasteiger partial charge in [0, 0.05) is 18.2 Å². The number of benzene rings is 2. The lowest BCUT2D eigenvalue weighted by Gasteiger charge is -2.19.